The molecule has 0 amide bonds. The summed E-state index contributed by atoms with van der Waals surface area (Å²) in [4.78, 5) is 4.59. The van der Waals surface area contributed by atoms with E-state index in [1.165, 1.54) is 51.4 Å². The van der Waals surface area contributed by atoms with Gasteiger partial charge >= 0.3 is 0 Å². The van der Waals surface area contributed by atoms with Crippen LogP contribution in [0, 0.1) is 0 Å². The van der Waals surface area contributed by atoms with Gasteiger partial charge in [0, 0.05) is 6.42 Å². The summed E-state index contributed by atoms with van der Waals surface area (Å²) in [6.07, 6.45) is 19.5. The lowest BCUT2D eigenvalue weighted by atomic mass is 10.1. The molecule has 3 heteroatoms. The molecule has 0 aromatic heterocycles. The maximum Gasteiger partial charge on any atom is 0.183 e. The first kappa shape index (κ1) is 22.2. The molecule has 3 nitrogen and oxygen atoms in total. The monoisotopic (exact) mass is 351 g/mol. The molecule has 25 heavy (non-hydrogen) atoms. The zero-order valence-electron chi connectivity index (χ0n) is 16.9. The van der Waals surface area contributed by atoms with Gasteiger partial charge in [0.05, 0.1) is 11.6 Å². The van der Waals surface area contributed by atoms with Gasteiger partial charge in [-0.3, -0.25) is 0 Å². The van der Waals surface area contributed by atoms with E-state index in [2.05, 4.69) is 37.9 Å². The van der Waals surface area contributed by atoms with Crippen LogP contribution in [0.25, 0.3) is 0 Å². The summed E-state index contributed by atoms with van der Waals surface area (Å²) in [5, 5.41) is 9.90. The maximum absolute atomic E-state index is 9.90. The normalized spacial score (nSPS) is 17.7. The van der Waals surface area contributed by atoms with Gasteiger partial charge in [0.25, 0.3) is 0 Å². The average Bonchev–Trinajstić information content (AvgIpc) is 2.92. The Labute approximate surface area is 156 Å². The highest BCUT2D eigenvalue weighted by atomic mass is 16.5. The summed E-state index contributed by atoms with van der Waals surface area (Å²) in [6.45, 7) is 7.21. The molecule has 0 fully saturated rings. The first-order chi connectivity index (χ1) is 12.0. The second-order valence-electron chi connectivity index (χ2n) is 8.12. The highest BCUT2D eigenvalue weighted by Gasteiger charge is 2.25. The zero-order valence-corrected chi connectivity index (χ0v) is 16.9. The van der Waals surface area contributed by atoms with Crippen LogP contribution in [0.5, 0.6) is 0 Å². The van der Waals surface area contributed by atoms with Gasteiger partial charge in [-0.15, -0.1) is 0 Å². The lowest BCUT2D eigenvalue weighted by Gasteiger charge is -2.07. The molecule has 1 heterocycles. The van der Waals surface area contributed by atoms with Gasteiger partial charge in [-0.2, -0.15) is 0 Å². The van der Waals surface area contributed by atoms with E-state index in [9.17, 15) is 5.11 Å². The molecular weight excluding hydrogens is 310 g/mol. The fourth-order valence-corrected chi connectivity index (χ4v) is 3.15. The number of hydrogen-bond donors (Lipinski definition) is 1. The summed E-state index contributed by atoms with van der Waals surface area (Å²) < 4.78 is 5.62. The zero-order chi connectivity index (χ0) is 18.4. The number of hydrogen-bond acceptors (Lipinski definition) is 3. The van der Waals surface area contributed by atoms with Gasteiger partial charge in [-0.25, -0.2) is 4.99 Å². The third kappa shape index (κ3) is 12.2. The van der Waals surface area contributed by atoms with Crippen molar-refractivity contribution in [2.45, 2.75) is 116 Å². The van der Waals surface area contributed by atoms with Gasteiger partial charge in [0.15, 0.2) is 5.90 Å². The van der Waals surface area contributed by atoms with E-state index in [-0.39, 0.29) is 11.6 Å². The quantitative estimate of drug-likeness (QED) is 0.282. The van der Waals surface area contributed by atoms with E-state index in [1.807, 2.05) is 0 Å². The molecule has 1 aliphatic rings. The van der Waals surface area contributed by atoms with E-state index < -0.39 is 0 Å². The average molecular weight is 352 g/mol. The van der Waals surface area contributed by atoms with Gasteiger partial charge < -0.3 is 9.84 Å². The Morgan fingerprint density at radius 3 is 2.48 bits per heavy atom. The van der Waals surface area contributed by atoms with E-state index in [4.69, 9.17) is 4.74 Å². The number of ether oxygens (including phenoxy) is 1. The smallest absolute Gasteiger partial charge is 0.183 e. The van der Waals surface area contributed by atoms with Crippen LogP contribution in [0.1, 0.15) is 104 Å². The van der Waals surface area contributed by atoms with Crippen LogP contribution < -0.4 is 0 Å². The SMILES string of the molecule is CCCCCCC(O)C/C=C\CCCCCCCC1=NC(C)(C)CO1. The first-order valence-corrected chi connectivity index (χ1v) is 10.6. The predicted molar refractivity (Wildman–Crippen MR) is 108 cm³/mol. The van der Waals surface area contributed by atoms with Crippen molar-refractivity contribution < 1.29 is 9.84 Å². The van der Waals surface area contributed by atoms with Crippen LogP contribution in [-0.4, -0.2) is 29.3 Å². The van der Waals surface area contributed by atoms with E-state index in [0.717, 1.165) is 44.6 Å². The Morgan fingerprint density at radius 1 is 1.04 bits per heavy atom. The molecule has 1 rings (SSSR count). The molecule has 0 aliphatic carbocycles. The third-order valence-corrected chi connectivity index (χ3v) is 4.75. The summed E-state index contributed by atoms with van der Waals surface area (Å²) in [7, 11) is 0. The number of aliphatic hydroxyl groups is 1. The van der Waals surface area contributed by atoms with Crippen molar-refractivity contribution in [3.8, 4) is 0 Å². The van der Waals surface area contributed by atoms with Gasteiger partial charge in [-0.05, 0) is 46.0 Å². The molecule has 0 saturated carbocycles. The Bertz CT molecular complexity index is 387. The minimum atomic E-state index is -0.140. The fourth-order valence-electron chi connectivity index (χ4n) is 3.15. The number of unbranched alkanes of at least 4 members (excludes halogenated alkanes) is 8. The molecular formula is C22H41NO2. The second-order valence-corrected chi connectivity index (χ2v) is 8.12. The highest BCUT2D eigenvalue weighted by Crippen LogP contribution is 2.19. The van der Waals surface area contributed by atoms with Crippen molar-refractivity contribution in [3.05, 3.63) is 12.2 Å². The summed E-state index contributed by atoms with van der Waals surface area (Å²) in [5.74, 6) is 0.959. The molecule has 1 N–H and O–H groups in total. The van der Waals surface area contributed by atoms with Gasteiger partial charge in [0.2, 0.25) is 0 Å². The first-order valence-electron chi connectivity index (χ1n) is 10.6. The molecule has 0 aromatic rings. The highest BCUT2D eigenvalue weighted by molar-refractivity contribution is 5.78. The second kappa shape index (κ2) is 13.4. The van der Waals surface area contributed by atoms with Crippen LogP contribution in [0.4, 0.5) is 0 Å². The maximum atomic E-state index is 9.90. The van der Waals surface area contributed by atoms with Crippen molar-refractivity contribution in [2.75, 3.05) is 6.61 Å². The lowest BCUT2D eigenvalue weighted by molar-refractivity contribution is 0.163. The number of nitrogens with zero attached hydrogens (tertiary/aromatic N) is 1. The standard InChI is InChI=1S/C22H41NO2/c1-4-5-6-13-16-20(24)17-14-11-9-7-8-10-12-15-18-21-23-22(2,3)19-25-21/h11,14,20,24H,4-10,12-13,15-19H2,1-3H3/b14-11-. The largest absolute Gasteiger partial charge is 0.478 e. The van der Waals surface area contributed by atoms with E-state index >= 15 is 0 Å². The Kier molecular flexibility index (Phi) is 11.9. The predicted octanol–water partition coefficient (Wildman–Crippen LogP) is 6.20. The van der Waals surface area contributed by atoms with Crippen LogP contribution in [0.15, 0.2) is 17.1 Å². The molecule has 0 bridgehead atoms. The fraction of sp³-hybridized carbons (Fsp3) is 0.864. The Hall–Kier alpha value is -0.830. The number of aliphatic hydroxyl groups excluding tert-OH is 1. The van der Waals surface area contributed by atoms with Crippen LogP contribution in [-0.2, 0) is 4.74 Å². The van der Waals surface area contributed by atoms with Crippen molar-refractivity contribution in [2.24, 2.45) is 4.99 Å². The Balaban J connectivity index is 1.86. The number of aliphatic imine (C=N–C) groups is 1. The molecule has 0 spiro atoms. The molecule has 1 atom stereocenters. The summed E-state index contributed by atoms with van der Waals surface area (Å²) in [5.41, 5.74) is -0.00917. The molecule has 0 radical (unpaired) electrons. The summed E-state index contributed by atoms with van der Waals surface area (Å²) in [6, 6.07) is 0. The van der Waals surface area contributed by atoms with Gasteiger partial charge in [-0.1, -0.05) is 64.0 Å². The number of allylic oxidation sites excluding steroid dienone is 1. The van der Waals surface area contributed by atoms with E-state index in [0.29, 0.717) is 0 Å². The van der Waals surface area contributed by atoms with Crippen molar-refractivity contribution in [1.29, 1.82) is 0 Å². The van der Waals surface area contributed by atoms with Crippen LogP contribution in [0.3, 0.4) is 0 Å². The van der Waals surface area contributed by atoms with Crippen molar-refractivity contribution in [3.63, 3.8) is 0 Å². The third-order valence-electron chi connectivity index (χ3n) is 4.75. The Morgan fingerprint density at radius 2 is 1.76 bits per heavy atom. The molecule has 0 aromatic carbocycles. The van der Waals surface area contributed by atoms with Gasteiger partial charge in [0.1, 0.15) is 6.61 Å². The molecule has 146 valence electrons. The summed E-state index contributed by atoms with van der Waals surface area (Å²) >= 11 is 0. The molecule has 1 aliphatic heterocycles. The van der Waals surface area contributed by atoms with Crippen molar-refractivity contribution >= 4 is 5.90 Å². The topological polar surface area (TPSA) is 41.8 Å². The minimum absolute atomic E-state index is 0.00917. The van der Waals surface area contributed by atoms with Crippen LogP contribution in [0.2, 0.25) is 0 Å². The molecule has 1 unspecified atom stereocenters. The number of rotatable bonds is 15. The minimum Gasteiger partial charge on any atom is -0.478 e. The lowest BCUT2D eigenvalue weighted by Crippen LogP contribution is -2.17. The molecule has 0 saturated heterocycles. The van der Waals surface area contributed by atoms with Crippen molar-refractivity contribution in [1.82, 2.24) is 0 Å². The van der Waals surface area contributed by atoms with Crippen LogP contribution >= 0.6 is 0 Å². The van der Waals surface area contributed by atoms with E-state index in [1.54, 1.807) is 0 Å².